The lowest BCUT2D eigenvalue weighted by molar-refractivity contribution is -0.384. The van der Waals surface area contributed by atoms with E-state index >= 15 is 0 Å². The predicted molar refractivity (Wildman–Crippen MR) is 139 cm³/mol. The molecule has 37 heavy (non-hydrogen) atoms. The zero-order chi connectivity index (χ0) is 26.3. The van der Waals surface area contributed by atoms with Crippen molar-refractivity contribution < 1.29 is 14.5 Å². The van der Waals surface area contributed by atoms with Gasteiger partial charge in [-0.05, 0) is 42.7 Å². The molecule has 2 unspecified atom stereocenters. The second-order valence-electron chi connectivity index (χ2n) is 10.4. The highest BCUT2D eigenvalue weighted by Gasteiger charge is 2.35. The molecule has 0 spiro atoms. The van der Waals surface area contributed by atoms with E-state index in [2.05, 4.69) is 41.0 Å². The third-order valence-corrected chi connectivity index (χ3v) is 7.54. The van der Waals surface area contributed by atoms with Crippen LogP contribution in [0, 0.1) is 34.4 Å². The van der Waals surface area contributed by atoms with Gasteiger partial charge in [-0.2, -0.15) is 0 Å². The number of carbonyl (C=O) groups is 1. The molecule has 2 atom stereocenters. The fourth-order valence-corrected chi connectivity index (χ4v) is 5.93. The van der Waals surface area contributed by atoms with Crippen LogP contribution in [-0.2, 0) is 4.74 Å². The summed E-state index contributed by atoms with van der Waals surface area (Å²) in [5, 5.41) is 18.2. The van der Waals surface area contributed by atoms with E-state index in [0.29, 0.717) is 36.1 Å². The monoisotopic (exact) mass is 505 g/mol. The van der Waals surface area contributed by atoms with Crippen LogP contribution in [0.15, 0.2) is 24.4 Å². The third kappa shape index (κ3) is 4.64. The summed E-state index contributed by atoms with van der Waals surface area (Å²) in [5.74, 6) is 0.827. The molecule has 2 aromatic heterocycles. The number of carbonyl (C=O) groups excluding carboxylic acids is 1. The Labute approximate surface area is 214 Å². The van der Waals surface area contributed by atoms with Crippen LogP contribution in [-0.4, -0.2) is 57.8 Å². The Hall–Kier alpha value is -3.91. The van der Waals surface area contributed by atoms with Crippen molar-refractivity contribution in [1.29, 1.82) is 0 Å². The van der Waals surface area contributed by atoms with Gasteiger partial charge in [0.15, 0.2) is 11.5 Å². The molecule has 2 aliphatic rings. The summed E-state index contributed by atoms with van der Waals surface area (Å²) in [7, 11) is 0. The maximum atomic E-state index is 13.3. The number of aromatic nitrogens is 3. The van der Waals surface area contributed by atoms with Crippen molar-refractivity contribution in [3.8, 4) is 11.4 Å². The largest absolute Gasteiger partial charge is 0.459 e. The van der Waals surface area contributed by atoms with Gasteiger partial charge in [0.05, 0.1) is 11.5 Å². The highest BCUT2D eigenvalue weighted by molar-refractivity contribution is 6.03. The summed E-state index contributed by atoms with van der Waals surface area (Å²) in [5.41, 5.74) is 1.61. The molecule has 11 nitrogen and oxygen atoms in total. The third-order valence-electron chi connectivity index (χ3n) is 7.54. The molecule has 0 amide bonds. The van der Waals surface area contributed by atoms with Gasteiger partial charge in [0.25, 0.3) is 5.69 Å². The minimum atomic E-state index is -0.565. The number of H-pyrrole nitrogens is 1. The van der Waals surface area contributed by atoms with Crippen molar-refractivity contribution >= 4 is 28.7 Å². The number of nitrogens with one attached hydrogen (secondary N) is 2. The van der Waals surface area contributed by atoms with Crippen molar-refractivity contribution in [2.75, 3.05) is 31.1 Å². The van der Waals surface area contributed by atoms with Crippen LogP contribution in [0.5, 0.6) is 0 Å². The number of benzene rings is 1. The van der Waals surface area contributed by atoms with Gasteiger partial charge in [0.1, 0.15) is 17.4 Å². The minimum absolute atomic E-state index is 0.00327. The number of nitro benzene ring substituents is 1. The molecule has 1 saturated heterocycles. The Bertz CT molecular complexity index is 1370. The molecule has 3 heterocycles. The number of hydrogen-bond acceptors (Lipinski definition) is 7. The van der Waals surface area contributed by atoms with E-state index in [0.717, 1.165) is 25.9 Å². The van der Waals surface area contributed by atoms with E-state index in [4.69, 9.17) is 11.3 Å². The van der Waals surface area contributed by atoms with Crippen LogP contribution >= 0.6 is 0 Å². The molecule has 2 fully saturated rings. The number of nitro groups is 1. The maximum Gasteiger partial charge on any atom is 0.331 e. The van der Waals surface area contributed by atoms with Crippen molar-refractivity contribution in [2.24, 2.45) is 17.8 Å². The zero-order valence-electron chi connectivity index (χ0n) is 21.2. The molecule has 0 bridgehead atoms. The van der Waals surface area contributed by atoms with Gasteiger partial charge >= 0.3 is 5.97 Å². The first-order valence-corrected chi connectivity index (χ1v) is 12.7. The van der Waals surface area contributed by atoms with Crippen molar-refractivity contribution in [3.05, 3.63) is 51.5 Å². The van der Waals surface area contributed by atoms with Crippen molar-refractivity contribution in [1.82, 2.24) is 19.9 Å². The number of ether oxygens (including phenoxy) is 1. The second-order valence-corrected chi connectivity index (χ2v) is 10.4. The molecule has 1 saturated carbocycles. The fourth-order valence-electron chi connectivity index (χ4n) is 5.93. The smallest absolute Gasteiger partial charge is 0.331 e. The van der Waals surface area contributed by atoms with Crippen LogP contribution in [0.1, 0.15) is 44.0 Å². The SMILES string of the molecule is [C-]#[N+]c1cn2[nH]c(-c3ccc(N4CCNCC4)c([N+](=O)[O-])c3)nc2c1C(=O)OC1C(C)CC(C)CC1C. The molecule has 0 radical (unpaired) electrons. The number of fused-ring (bicyclic) bond motifs is 1. The number of anilines is 1. The summed E-state index contributed by atoms with van der Waals surface area (Å²) in [6.45, 7) is 16.9. The number of piperazine rings is 1. The maximum absolute atomic E-state index is 13.3. The molecule has 2 N–H and O–H groups in total. The lowest BCUT2D eigenvalue weighted by Crippen LogP contribution is -2.43. The quantitative estimate of drug-likeness (QED) is 0.228. The summed E-state index contributed by atoms with van der Waals surface area (Å²) in [6, 6.07) is 5.02. The van der Waals surface area contributed by atoms with Gasteiger partial charge in [-0.15, -0.1) is 0 Å². The topological polar surface area (TPSA) is 122 Å². The van der Waals surface area contributed by atoms with Gasteiger partial charge < -0.3 is 15.0 Å². The fraction of sp³-hybridized carbons (Fsp3) is 0.500. The molecule has 1 aromatic carbocycles. The summed E-state index contributed by atoms with van der Waals surface area (Å²) >= 11 is 0. The summed E-state index contributed by atoms with van der Waals surface area (Å²) in [4.78, 5) is 34.9. The first kappa shape index (κ1) is 24.8. The Morgan fingerprint density at radius 2 is 1.92 bits per heavy atom. The first-order valence-electron chi connectivity index (χ1n) is 12.7. The average Bonchev–Trinajstić information content (AvgIpc) is 3.44. The number of aromatic amines is 1. The van der Waals surface area contributed by atoms with Crippen LogP contribution < -0.4 is 10.2 Å². The Kier molecular flexibility index (Phi) is 6.60. The number of rotatable bonds is 5. The molecule has 194 valence electrons. The van der Waals surface area contributed by atoms with Gasteiger partial charge in [-0.1, -0.05) is 20.8 Å². The summed E-state index contributed by atoms with van der Waals surface area (Å²) < 4.78 is 7.46. The first-order chi connectivity index (χ1) is 17.8. The van der Waals surface area contributed by atoms with E-state index in [-0.39, 0.29) is 45.4 Å². The second kappa shape index (κ2) is 9.86. The van der Waals surface area contributed by atoms with Gasteiger partial charge in [-0.25, -0.2) is 14.6 Å². The van der Waals surface area contributed by atoms with E-state index in [1.165, 1.54) is 16.8 Å². The molecule has 11 heteroatoms. The van der Waals surface area contributed by atoms with E-state index in [9.17, 15) is 14.9 Å². The molecule has 5 rings (SSSR count). The van der Waals surface area contributed by atoms with Crippen LogP contribution in [0.4, 0.5) is 17.1 Å². The number of hydrogen-bond donors (Lipinski definition) is 2. The molecular formula is C26H31N7O4. The number of esters is 1. The van der Waals surface area contributed by atoms with Crippen molar-refractivity contribution in [3.63, 3.8) is 0 Å². The van der Waals surface area contributed by atoms with Crippen LogP contribution in [0.25, 0.3) is 21.9 Å². The van der Waals surface area contributed by atoms with Gasteiger partial charge in [-0.3, -0.25) is 19.7 Å². The molecular weight excluding hydrogens is 474 g/mol. The molecule has 1 aliphatic heterocycles. The predicted octanol–water partition coefficient (Wildman–Crippen LogP) is 4.43. The lowest BCUT2D eigenvalue weighted by Gasteiger charge is -2.37. The Morgan fingerprint density at radius 3 is 2.57 bits per heavy atom. The highest BCUT2D eigenvalue weighted by atomic mass is 16.6. The average molecular weight is 506 g/mol. The summed E-state index contributed by atoms with van der Waals surface area (Å²) in [6.07, 6.45) is 3.25. The Morgan fingerprint density at radius 1 is 1.22 bits per heavy atom. The normalized spacial score (nSPS) is 24.1. The van der Waals surface area contributed by atoms with Crippen LogP contribution in [0.2, 0.25) is 0 Å². The van der Waals surface area contributed by atoms with E-state index in [1.807, 2.05) is 4.90 Å². The molecule has 1 aliphatic carbocycles. The van der Waals surface area contributed by atoms with Crippen molar-refractivity contribution in [2.45, 2.75) is 39.7 Å². The highest BCUT2D eigenvalue weighted by Crippen LogP contribution is 2.37. The minimum Gasteiger partial charge on any atom is -0.459 e. The standard InChI is InChI=1S/C26H31N7O4/c1-15-11-16(2)23(17(3)12-15)37-26(34)22-19(27-4)14-32-25(22)29-24(30-32)18-5-6-20(21(13-18)33(35)36)31-9-7-28-8-10-31/h5-6,13-17,23,28H,7-12H2,1-3H3,(H,29,30). The van der Waals surface area contributed by atoms with E-state index < -0.39 is 5.97 Å². The van der Waals surface area contributed by atoms with Gasteiger partial charge in [0, 0.05) is 44.0 Å². The van der Waals surface area contributed by atoms with E-state index in [1.54, 1.807) is 12.1 Å². The Balaban J connectivity index is 1.47. The van der Waals surface area contributed by atoms with Crippen LogP contribution in [0.3, 0.4) is 0 Å². The molecule has 3 aromatic rings. The lowest BCUT2D eigenvalue weighted by atomic mass is 9.75. The zero-order valence-corrected chi connectivity index (χ0v) is 21.2. The van der Waals surface area contributed by atoms with Gasteiger partial charge in [0.2, 0.25) is 5.69 Å². The number of nitrogens with zero attached hydrogens (tertiary/aromatic N) is 5.